The molecule has 0 aliphatic carbocycles. The highest BCUT2D eigenvalue weighted by Crippen LogP contribution is 2.29. The first-order chi connectivity index (χ1) is 11.1. The topological polar surface area (TPSA) is 53.3 Å². The standard InChI is InChI=1S/C18H22N2O3/c1-4-10-23-17-9-7-14(11-18(17)22-5-2)6-8-16(21)15-12-19-20(3)13-15/h6-9,11-13H,4-5,10H2,1-3H3. The van der Waals surface area contributed by atoms with E-state index in [2.05, 4.69) is 12.0 Å². The van der Waals surface area contributed by atoms with Crippen molar-refractivity contribution in [2.24, 2.45) is 7.05 Å². The normalized spacial score (nSPS) is 10.9. The van der Waals surface area contributed by atoms with Gasteiger partial charge in [-0.1, -0.05) is 19.1 Å². The lowest BCUT2D eigenvalue weighted by molar-refractivity contribution is 0.104. The Hall–Kier alpha value is -2.56. The molecular weight excluding hydrogens is 292 g/mol. The van der Waals surface area contributed by atoms with Crippen molar-refractivity contribution in [2.45, 2.75) is 20.3 Å². The van der Waals surface area contributed by atoms with Gasteiger partial charge in [-0.15, -0.1) is 0 Å². The summed E-state index contributed by atoms with van der Waals surface area (Å²) in [6.45, 7) is 5.19. The molecule has 2 aromatic rings. The summed E-state index contributed by atoms with van der Waals surface area (Å²) >= 11 is 0. The maximum Gasteiger partial charge on any atom is 0.189 e. The van der Waals surface area contributed by atoms with E-state index < -0.39 is 0 Å². The molecule has 0 spiro atoms. The summed E-state index contributed by atoms with van der Waals surface area (Å²) in [7, 11) is 1.78. The summed E-state index contributed by atoms with van der Waals surface area (Å²) in [6, 6.07) is 5.65. The molecule has 0 saturated carbocycles. The van der Waals surface area contributed by atoms with Crippen LogP contribution in [-0.4, -0.2) is 28.8 Å². The molecule has 0 unspecified atom stereocenters. The van der Waals surface area contributed by atoms with E-state index >= 15 is 0 Å². The Morgan fingerprint density at radius 2 is 2.09 bits per heavy atom. The number of carbonyl (C=O) groups is 1. The summed E-state index contributed by atoms with van der Waals surface area (Å²) in [5, 5.41) is 4.00. The van der Waals surface area contributed by atoms with Gasteiger partial charge in [0, 0.05) is 13.2 Å². The number of hydrogen-bond acceptors (Lipinski definition) is 4. The lowest BCUT2D eigenvalue weighted by Crippen LogP contribution is -2.00. The van der Waals surface area contributed by atoms with Crippen molar-refractivity contribution in [1.29, 1.82) is 0 Å². The first-order valence-electron chi connectivity index (χ1n) is 7.74. The van der Waals surface area contributed by atoms with Crippen molar-refractivity contribution in [3.8, 4) is 11.5 Å². The van der Waals surface area contributed by atoms with Gasteiger partial charge in [-0.05, 0) is 37.1 Å². The second-order valence-corrected chi connectivity index (χ2v) is 5.09. The van der Waals surface area contributed by atoms with Crippen molar-refractivity contribution in [3.05, 3.63) is 47.8 Å². The SMILES string of the molecule is CCCOc1ccc(C=CC(=O)c2cnn(C)c2)cc1OCC. The van der Waals surface area contributed by atoms with Crippen LogP contribution in [0.5, 0.6) is 11.5 Å². The van der Waals surface area contributed by atoms with Crippen LogP contribution >= 0.6 is 0 Å². The molecule has 5 nitrogen and oxygen atoms in total. The summed E-state index contributed by atoms with van der Waals surface area (Å²) < 4.78 is 12.9. The molecule has 0 atom stereocenters. The summed E-state index contributed by atoms with van der Waals surface area (Å²) in [5.74, 6) is 1.34. The highest BCUT2D eigenvalue weighted by Gasteiger charge is 2.07. The maximum atomic E-state index is 12.1. The van der Waals surface area contributed by atoms with Gasteiger partial charge >= 0.3 is 0 Å². The van der Waals surface area contributed by atoms with E-state index in [0.29, 0.717) is 24.5 Å². The maximum absolute atomic E-state index is 12.1. The van der Waals surface area contributed by atoms with E-state index in [4.69, 9.17) is 9.47 Å². The summed E-state index contributed by atoms with van der Waals surface area (Å²) in [6.07, 6.45) is 7.49. The monoisotopic (exact) mass is 314 g/mol. The Morgan fingerprint density at radius 3 is 2.74 bits per heavy atom. The fraction of sp³-hybridized carbons (Fsp3) is 0.333. The first kappa shape index (κ1) is 16.8. The van der Waals surface area contributed by atoms with Crippen molar-refractivity contribution < 1.29 is 14.3 Å². The molecular formula is C18H22N2O3. The Bertz CT molecular complexity index is 689. The number of aromatic nitrogens is 2. The number of benzene rings is 1. The molecule has 122 valence electrons. The fourth-order valence-electron chi connectivity index (χ4n) is 2.04. The average molecular weight is 314 g/mol. The quantitative estimate of drug-likeness (QED) is 0.553. The van der Waals surface area contributed by atoms with Gasteiger partial charge in [0.25, 0.3) is 0 Å². The van der Waals surface area contributed by atoms with Gasteiger partial charge in [-0.25, -0.2) is 0 Å². The zero-order valence-electron chi connectivity index (χ0n) is 13.8. The van der Waals surface area contributed by atoms with Gasteiger partial charge in [0.2, 0.25) is 0 Å². The van der Waals surface area contributed by atoms with Crippen LogP contribution in [0.2, 0.25) is 0 Å². The molecule has 1 aromatic heterocycles. The van der Waals surface area contributed by atoms with Gasteiger partial charge in [-0.3, -0.25) is 9.48 Å². The number of allylic oxidation sites excluding steroid dienone is 1. The van der Waals surface area contributed by atoms with E-state index in [1.807, 2.05) is 25.1 Å². The Labute approximate surface area is 136 Å². The molecule has 0 fully saturated rings. The number of ketones is 1. The largest absolute Gasteiger partial charge is 0.490 e. The molecule has 23 heavy (non-hydrogen) atoms. The highest BCUT2D eigenvalue weighted by atomic mass is 16.5. The summed E-state index contributed by atoms with van der Waals surface area (Å²) in [5.41, 5.74) is 1.45. The number of nitrogens with zero attached hydrogens (tertiary/aromatic N) is 2. The Kier molecular flexibility index (Phi) is 5.97. The molecule has 1 aromatic carbocycles. The number of aryl methyl sites for hydroxylation is 1. The molecule has 0 aliphatic rings. The molecule has 0 aliphatic heterocycles. The molecule has 0 N–H and O–H groups in total. The minimum Gasteiger partial charge on any atom is -0.490 e. The predicted molar refractivity (Wildman–Crippen MR) is 90.0 cm³/mol. The molecule has 1 heterocycles. The van der Waals surface area contributed by atoms with E-state index in [9.17, 15) is 4.79 Å². The zero-order chi connectivity index (χ0) is 16.7. The predicted octanol–water partition coefficient (Wildman–Crippen LogP) is 3.50. The molecule has 0 bridgehead atoms. The van der Waals surface area contributed by atoms with E-state index in [1.54, 1.807) is 30.2 Å². The van der Waals surface area contributed by atoms with Crippen molar-refractivity contribution in [1.82, 2.24) is 9.78 Å². The van der Waals surface area contributed by atoms with Crippen molar-refractivity contribution in [2.75, 3.05) is 13.2 Å². The second-order valence-electron chi connectivity index (χ2n) is 5.09. The number of carbonyl (C=O) groups excluding carboxylic acids is 1. The van der Waals surface area contributed by atoms with E-state index in [0.717, 1.165) is 17.7 Å². The Balaban J connectivity index is 2.14. The third kappa shape index (κ3) is 4.71. The number of ether oxygens (including phenoxy) is 2. The Morgan fingerprint density at radius 1 is 1.26 bits per heavy atom. The third-order valence-electron chi connectivity index (χ3n) is 3.15. The smallest absolute Gasteiger partial charge is 0.189 e. The van der Waals surface area contributed by atoms with Gasteiger partial charge < -0.3 is 9.47 Å². The van der Waals surface area contributed by atoms with Gasteiger partial charge in [0.1, 0.15) is 0 Å². The number of rotatable bonds is 8. The molecule has 0 saturated heterocycles. The highest BCUT2D eigenvalue weighted by molar-refractivity contribution is 6.06. The van der Waals surface area contributed by atoms with Crippen LogP contribution in [0, 0.1) is 0 Å². The first-order valence-corrected chi connectivity index (χ1v) is 7.74. The van der Waals surface area contributed by atoms with Crippen LogP contribution in [0.3, 0.4) is 0 Å². The van der Waals surface area contributed by atoms with Crippen LogP contribution in [0.15, 0.2) is 36.7 Å². The lowest BCUT2D eigenvalue weighted by Gasteiger charge is -2.11. The average Bonchev–Trinajstić information content (AvgIpc) is 2.98. The van der Waals surface area contributed by atoms with Gasteiger partial charge in [-0.2, -0.15) is 5.10 Å². The molecule has 0 radical (unpaired) electrons. The third-order valence-corrected chi connectivity index (χ3v) is 3.15. The number of hydrogen-bond donors (Lipinski definition) is 0. The molecule has 5 heteroatoms. The lowest BCUT2D eigenvalue weighted by atomic mass is 10.1. The van der Waals surface area contributed by atoms with Crippen molar-refractivity contribution >= 4 is 11.9 Å². The van der Waals surface area contributed by atoms with E-state index in [1.165, 1.54) is 6.08 Å². The molecule has 2 rings (SSSR count). The van der Waals surface area contributed by atoms with Gasteiger partial charge in [0.05, 0.1) is 25.0 Å². The van der Waals surface area contributed by atoms with Crippen LogP contribution in [0.4, 0.5) is 0 Å². The fourth-order valence-corrected chi connectivity index (χ4v) is 2.04. The van der Waals surface area contributed by atoms with Crippen LogP contribution in [0.25, 0.3) is 6.08 Å². The second kappa shape index (κ2) is 8.17. The van der Waals surface area contributed by atoms with E-state index in [-0.39, 0.29) is 5.78 Å². The minimum atomic E-state index is -0.0811. The zero-order valence-corrected chi connectivity index (χ0v) is 13.8. The summed E-state index contributed by atoms with van der Waals surface area (Å²) in [4.78, 5) is 12.1. The van der Waals surface area contributed by atoms with Crippen molar-refractivity contribution in [3.63, 3.8) is 0 Å². The van der Waals surface area contributed by atoms with Crippen LogP contribution in [0.1, 0.15) is 36.2 Å². The molecule has 0 amide bonds. The van der Waals surface area contributed by atoms with Crippen LogP contribution in [-0.2, 0) is 7.05 Å². The van der Waals surface area contributed by atoms with Gasteiger partial charge in [0.15, 0.2) is 17.3 Å². The van der Waals surface area contributed by atoms with Crippen LogP contribution < -0.4 is 9.47 Å². The minimum absolute atomic E-state index is 0.0811.